The van der Waals surface area contributed by atoms with E-state index in [1.165, 1.54) is 12.1 Å². The zero-order valence-corrected chi connectivity index (χ0v) is 11.0. The molecule has 0 aromatic carbocycles. The number of hydrogen-bond acceptors (Lipinski definition) is 4. The molecule has 0 unspecified atom stereocenters. The zero-order valence-electron chi connectivity index (χ0n) is 11.0. The third kappa shape index (κ3) is 3.67. The number of pyridine rings is 1. The van der Waals surface area contributed by atoms with Crippen LogP contribution in [0.2, 0.25) is 0 Å². The molecule has 0 aliphatic heterocycles. The number of carbonyl (C=O) groups is 1. The second-order valence-corrected chi connectivity index (χ2v) is 5.09. The van der Waals surface area contributed by atoms with Gasteiger partial charge in [-0.1, -0.05) is 0 Å². The van der Waals surface area contributed by atoms with Gasteiger partial charge >= 0.3 is 6.09 Å². The van der Waals surface area contributed by atoms with Crippen molar-refractivity contribution in [3.8, 4) is 0 Å². The standard InChI is InChI=1S/C13H15FN2O3/c1-13(2,3)19-12(17)15-7-8-6-9-10(18-8)4-5-11(14)16-9/h4-6H,7H2,1-3H3,(H,15,17). The number of halogens is 1. The lowest BCUT2D eigenvalue weighted by Crippen LogP contribution is -2.32. The minimum atomic E-state index is -0.569. The molecule has 0 aliphatic carbocycles. The smallest absolute Gasteiger partial charge is 0.408 e. The molecule has 0 fully saturated rings. The molecule has 0 saturated heterocycles. The van der Waals surface area contributed by atoms with E-state index in [0.29, 0.717) is 16.9 Å². The number of carbonyl (C=O) groups excluding carboxylic acids is 1. The first kappa shape index (κ1) is 13.3. The highest BCUT2D eigenvalue weighted by atomic mass is 19.1. The summed E-state index contributed by atoms with van der Waals surface area (Å²) in [5.74, 6) is -0.0843. The molecule has 0 atom stereocenters. The highest BCUT2D eigenvalue weighted by Crippen LogP contribution is 2.17. The number of amides is 1. The van der Waals surface area contributed by atoms with Crippen LogP contribution in [0.1, 0.15) is 26.5 Å². The van der Waals surface area contributed by atoms with Gasteiger partial charge in [0.25, 0.3) is 0 Å². The predicted octanol–water partition coefficient (Wildman–Crippen LogP) is 2.99. The first-order valence-corrected chi connectivity index (χ1v) is 5.85. The fraction of sp³-hybridized carbons (Fsp3) is 0.385. The van der Waals surface area contributed by atoms with E-state index in [1.807, 2.05) is 0 Å². The van der Waals surface area contributed by atoms with Gasteiger partial charge in [0, 0.05) is 6.07 Å². The van der Waals surface area contributed by atoms with E-state index in [1.54, 1.807) is 26.8 Å². The number of alkyl carbamates (subject to hydrolysis) is 1. The number of aromatic nitrogens is 1. The summed E-state index contributed by atoms with van der Waals surface area (Å²) in [4.78, 5) is 15.1. The maximum absolute atomic E-state index is 12.9. The summed E-state index contributed by atoms with van der Waals surface area (Å²) >= 11 is 0. The number of nitrogens with zero attached hydrogens (tertiary/aromatic N) is 1. The SMILES string of the molecule is CC(C)(C)OC(=O)NCc1cc2nc(F)ccc2o1. The summed E-state index contributed by atoms with van der Waals surface area (Å²) < 4.78 is 23.4. The van der Waals surface area contributed by atoms with Crippen molar-refractivity contribution in [3.63, 3.8) is 0 Å². The van der Waals surface area contributed by atoms with Gasteiger partial charge in [-0.25, -0.2) is 9.78 Å². The summed E-state index contributed by atoms with van der Waals surface area (Å²) in [6.07, 6.45) is -0.535. The van der Waals surface area contributed by atoms with Crippen LogP contribution < -0.4 is 5.32 Å². The van der Waals surface area contributed by atoms with E-state index >= 15 is 0 Å². The van der Waals surface area contributed by atoms with Crippen LogP contribution in [0.4, 0.5) is 9.18 Å². The minimum Gasteiger partial charge on any atom is -0.457 e. The maximum atomic E-state index is 12.9. The first-order chi connectivity index (χ1) is 8.83. The normalized spacial score (nSPS) is 11.6. The lowest BCUT2D eigenvalue weighted by Gasteiger charge is -2.19. The van der Waals surface area contributed by atoms with Gasteiger partial charge in [0.2, 0.25) is 5.95 Å². The van der Waals surface area contributed by atoms with Crippen molar-refractivity contribution >= 4 is 17.2 Å². The quantitative estimate of drug-likeness (QED) is 0.849. The molecular weight excluding hydrogens is 251 g/mol. The molecule has 0 bridgehead atoms. The largest absolute Gasteiger partial charge is 0.457 e. The molecule has 1 N–H and O–H groups in total. The van der Waals surface area contributed by atoms with E-state index in [-0.39, 0.29) is 6.54 Å². The molecule has 2 aromatic heterocycles. The second kappa shape index (κ2) is 4.87. The van der Waals surface area contributed by atoms with Crippen LogP contribution in [0, 0.1) is 5.95 Å². The molecule has 0 radical (unpaired) electrons. The fourth-order valence-electron chi connectivity index (χ4n) is 1.51. The maximum Gasteiger partial charge on any atom is 0.408 e. The van der Waals surface area contributed by atoms with Crippen molar-refractivity contribution in [2.45, 2.75) is 32.9 Å². The van der Waals surface area contributed by atoms with Gasteiger partial charge in [-0.2, -0.15) is 4.39 Å². The van der Waals surface area contributed by atoms with Gasteiger partial charge in [-0.3, -0.25) is 0 Å². The zero-order chi connectivity index (χ0) is 14.0. The van der Waals surface area contributed by atoms with Crippen LogP contribution in [0.5, 0.6) is 0 Å². The van der Waals surface area contributed by atoms with E-state index in [4.69, 9.17) is 9.15 Å². The Kier molecular flexibility index (Phi) is 3.42. The lowest BCUT2D eigenvalue weighted by molar-refractivity contribution is 0.0520. The van der Waals surface area contributed by atoms with Crippen LogP contribution in [-0.4, -0.2) is 16.7 Å². The van der Waals surface area contributed by atoms with Crippen LogP contribution in [0.15, 0.2) is 22.6 Å². The van der Waals surface area contributed by atoms with Crippen LogP contribution in [-0.2, 0) is 11.3 Å². The van der Waals surface area contributed by atoms with Crippen LogP contribution >= 0.6 is 0 Å². The van der Waals surface area contributed by atoms with Gasteiger partial charge in [0.05, 0.1) is 6.54 Å². The van der Waals surface area contributed by atoms with Gasteiger partial charge in [0.15, 0.2) is 5.58 Å². The molecule has 0 saturated carbocycles. The molecule has 2 heterocycles. The molecular formula is C13H15FN2O3. The molecule has 5 nitrogen and oxygen atoms in total. The van der Waals surface area contributed by atoms with E-state index in [9.17, 15) is 9.18 Å². The van der Waals surface area contributed by atoms with Crippen molar-refractivity contribution in [1.82, 2.24) is 10.3 Å². The van der Waals surface area contributed by atoms with Gasteiger partial charge in [-0.05, 0) is 32.9 Å². The Morgan fingerprint density at radius 2 is 2.21 bits per heavy atom. The van der Waals surface area contributed by atoms with Gasteiger partial charge in [0.1, 0.15) is 16.9 Å². The van der Waals surface area contributed by atoms with Crippen LogP contribution in [0.3, 0.4) is 0 Å². The van der Waals surface area contributed by atoms with Gasteiger partial charge < -0.3 is 14.5 Å². The Bertz CT molecular complexity index is 601. The molecule has 19 heavy (non-hydrogen) atoms. The Hall–Kier alpha value is -2.11. The molecule has 0 spiro atoms. The molecule has 6 heteroatoms. The molecule has 1 amide bonds. The summed E-state index contributed by atoms with van der Waals surface area (Å²) in [5.41, 5.74) is 0.339. The highest BCUT2D eigenvalue weighted by molar-refractivity contribution is 5.73. The van der Waals surface area contributed by atoms with E-state index in [0.717, 1.165) is 0 Å². The Labute approximate surface area is 109 Å². The van der Waals surface area contributed by atoms with E-state index in [2.05, 4.69) is 10.3 Å². The van der Waals surface area contributed by atoms with Gasteiger partial charge in [-0.15, -0.1) is 0 Å². The molecule has 2 rings (SSSR count). The lowest BCUT2D eigenvalue weighted by atomic mass is 10.2. The highest BCUT2D eigenvalue weighted by Gasteiger charge is 2.16. The monoisotopic (exact) mass is 266 g/mol. The second-order valence-electron chi connectivity index (χ2n) is 5.09. The Morgan fingerprint density at radius 3 is 2.89 bits per heavy atom. The number of nitrogens with one attached hydrogen (secondary N) is 1. The summed E-state index contributed by atoms with van der Waals surface area (Å²) in [5, 5.41) is 2.55. The number of rotatable bonds is 2. The van der Waals surface area contributed by atoms with E-state index < -0.39 is 17.6 Å². The van der Waals surface area contributed by atoms with Crippen molar-refractivity contribution < 1.29 is 18.3 Å². The third-order valence-corrected chi connectivity index (χ3v) is 2.20. The third-order valence-electron chi connectivity index (χ3n) is 2.20. The molecule has 2 aromatic rings. The topological polar surface area (TPSA) is 64.4 Å². The van der Waals surface area contributed by atoms with Crippen molar-refractivity contribution in [2.24, 2.45) is 0 Å². The van der Waals surface area contributed by atoms with Crippen molar-refractivity contribution in [3.05, 3.63) is 29.9 Å². The Morgan fingerprint density at radius 1 is 1.47 bits per heavy atom. The fourth-order valence-corrected chi connectivity index (χ4v) is 1.51. The number of fused-ring (bicyclic) bond motifs is 1. The summed E-state index contributed by atoms with van der Waals surface area (Å²) in [6.45, 7) is 5.49. The summed E-state index contributed by atoms with van der Waals surface area (Å²) in [7, 11) is 0. The molecule has 0 aliphatic rings. The Balaban J connectivity index is 2.00. The summed E-state index contributed by atoms with van der Waals surface area (Å²) in [6, 6.07) is 4.29. The van der Waals surface area contributed by atoms with Crippen LogP contribution in [0.25, 0.3) is 11.1 Å². The van der Waals surface area contributed by atoms with Crippen molar-refractivity contribution in [1.29, 1.82) is 0 Å². The van der Waals surface area contributed by atoms with Crippen molar-refractivity contribution in [2.75, 3.05) is 0 Å². The average Bonchev–Trinajstić information content (AvgIpc) is 2.66. The average molecular weight is 266 g/mol. The first-order valence-electron chi connectivity index (χ1n) is 5.85. The number of ether oxygens (including phenoxy) is 1. The number of furan rings is 1. The molecule has 102 valence electrons. The number of hydrogen-bond donors (Lipinski definition) is 1. The minimum absolute atomic E-state index is 0.160. The predicted molar refractivity (Wildman–Crippen MR) is 67.0 cm³/mol.